The lowest BCUT2D eigenvalue weighted by molar-refractivity contribution is -0.129. The molecule has 7 nitrogen and oxygen atoms in total. The van der Waals surface area contributed by atoms with Gasteiger partial charge in [-0.1, -0.05) is 63.2 Å². The van der Waals surface area contributed by atoms with E-state index in [1.807, 2.05) is 30.3 Å². The summed E-state index contributed by atoms with van der Waals surface area (Å²) in [5, 5.41) is 2.93. The lowest BCUT2D eigenvalue weighted by Crippen LogP contribution is -2.44. The molecule has 2 N–H and O–H groups in total. The minimum absolute atomic E-state index is 0.0105. The van der Waals surface area contributed by atoms with Crippen molar-refractivity contribution in [3.05, 3.63) is 86.4 Å². The lowest BCUT2D eigenvalue weighted by Gasteiger charge is -2.25. The number of carbonyl (C=O) groups excluding carboxylic acids is 1. The van der Waals surface area contributed by atoms with Crippen LogP contribution in [-0.4, -0.2) is 22.6 Å². The summed E-state index contributed by atoms with van der Waals surface area (Å²) in [6.07, 6.45) is 0. The number of aromatic nitrogens is 2. The lowest BCUT2D eigenvalue weighted by atomic mass is 9.94. The van der Waals surface area contributed by atoms with Crippen LogP contribution in [0.5, 0.6) is 5.75 Å². The minimum Gasteiger partial charge on any atom is -0.494 e. The fraction of sp³-hybridized carbons (Fsp3) is 0.320. The molecule has 8 heteroatoms. The Bertz CT molecular complexity index is 1270. The van der Waals surface area contributed by atoms with Crippen LogP contribution in [0.4, 0.5) is 4.39 Å². The number of aryl methyl sites for hydroxylation is 1. The predicted molar refractivity (Wildman–Crippen MR) is 125 cm³/mol. The van der Waals surface area contributed by atoms with Gasteiger partial charge in [-0.05, 0) is 18.6 Å². The molecule has 3 aromatic rings. The Kier molecular flexibility index (Phi) is 6.86. The van der Waals surface area contributed by atoms with Gasteiger partial charge in [0.15, 0.2) is 11.6 Å². The van der Waals surface area contributed by atoms with E-state index in [2.05, 4.69) is 10.3 Å². The quantitative estimate of drug-likeness (QED) is 0.597. The highest BCUT2D eigenvalue weighted by molar-refractivity contribution is 5.81. The van der Waals surface area contributed by atoms with E-state index in [0.29, 0.717) is 0 Å². The van der Waals surface area contributed by atoms with Crippen LogP contribution in [-0.2, 0) is 11.3 Å². The Balaban J connectivity index is 2.13. The highest BCUT2D eigenvalue weighted by Crippen LogP contribution is 2.28. The number of amides is 1. The van der Waals surface area contributed by atoms with Gasteiger partial charge in [-0.3, -0.25) is 14.2 Å². The molecule has 0 saturated carbocycles. The Morgan fingerprint density at radius 2 is 1.79 bits per heavy atom. The molecule has 3 rings (SSSR count). The van der Waals surface area contributed by atoms with Gasteiger partial charge in [0.05, 0.1) is 25.3 Å². The molecule has 1 heterocycles. The zero-order chi connectivity index (χ0) is 24.3. The van der Waals surface area contributed by atoms with Crippen LogP contribution in [0.2, 0.25) is 0 Å². The standard InChI is InChI=1S/C25H28FN3O4/c1-15-20(17-12-9-13-19(33-5)21(17)26)22(30)29(24(32)27-15)14-18(16-10-7-6-8-11-16)28-23(31)25(2,3)4/h6-13,18H,14H2,1-5H3,(H,27,32)(H,28,31)/t18-/m0/s1. The second-order valence-corrected chi connectivity index (χ2v) is 8.85. The molecule has 0 aliphatic heterocycles. The maximum atomic E-state index is 15.0. The van der Waals surface area contributed by atoms with Gasteiger partial charge < -0.3 is 15.0 Å². The summed E-state index contributed by atoms with van der Waals surface area (Å²) in [6, 6.07) is 12.9. The summed E-state index contributed by atoms with van der Waals surface area (Å²) < 4.78 is 21.0. The fourth-order valence-corrected chi connectivity index (χ4v) is 3.50. The van der Waals surface area contributed by atoms with Crippen LogP contribution in [0.15, 0.2) is 58.1 Å². The predicted octanol–water partition coefficient (Wildman–Crippen LogP) is 3.56. The smallest absolute Gasteiger partial charge is 0.328 e. The highest BCUT2D eigenvalue weighted by atomic mass is 19.1. The number of nitrogens with zero attached hydrogens (tertiary/aromatic N) is 1. The van der Waals surface area contributed by atoms with E-state index in [1.54, 1.807) is 26.8 Å². The van der Waals surface area contributed by atoms with Gasteiger partial charge in [-0.25, -0.2) is 9.18 Å². The molecule has 0 unspecified atom stereocenters. The third-order valence-corrected chi connectivity index (χ3v) is 5.38. The molecular formula is C25H28FN3O4. The van der Waals surface area contributed by atoms with E-state index in [0.717, 1.165) is 10.1 Å². The molecular weight excluding hydrogens is 425 g/mol. The molecule has 0 bridgehead atoms. The van der Waals surface area contributed by atoms with Crippen LogP contribution in [0.3, 0.4) is 0 Å². The molecule has 2 aromatic carbocycles. The third kappa shape index (κ3) is 5.05. The van der Waals surface area contributed by atoms with E-state index in [-0.39, 0.29) is 35.0 Å². The number of carbonyl (C=O) groups is 1. The van der Waals surface area contributed by atoms with Crippen LogP contribution < -0.4 is 21.3 Å². The molecule has 0 radical (unpaired) electrons. The molecule has 1 aromatic heterocycles. The van der Waals surface area contributed by atoms with Crippen molar-refractivity contribution >= 4 is 5.91 Å². The van der Waals surface area contributed by atoms with Gasteiger partial charge in [-0.2, -0.15) is 0 Å². The Labute approximate surface area is 191 Å². The van der Waals surface area contributed by atoms with Gasteiger partial charge in [-0.15, -0.1) is 0 Å². The topological polar surface area (TPSA) is 93.2 Å². The number of halogens is 1. The summed E-state index contributed by atoms with van der Waals surface area (Å²) in [4.78, 5) is 41.6. The van der Waals surface area contributed by atoms with Crippen molar-refractivity contribution in [1.82, 2.24) is 14.9 Å². The SMILES string of the molecule is COc1cccc(-c2c(C)[nH]c(=O)n(C[C@H](NC(=O)C(C)(C)C)c3ccccc3)c2=O)c1F. The molecule has 0 spiro atoms. The number of rotatable bonds is 6. The summed E-state index contributed by atoms with van der Waals surface area (Å²) in [5.74, 6) is -0.935. The summed E-state index contributed by atoms with van der Waals surface area (Å²) in [7, 11) is 1.34. The maximum absolute atomic E-state index is 15.0. The molecule has 0 saturated heterocycles. The van der Waals surface area contributed by atoms with E-state index in [9.17, 15) is 18.8 Å². The number of hydrogen-bond donors (Lipinski definition) is 2. The van der Waals surface area contributed by atoms with Crippen molar-refractivity contribution in [3.8, 4) is 16.9 Å². The van der Waals surface area contributed by atoms with E-state index < -0.39 is 28.5 Å². The van der Waals surface area contributed by atoms with Crippen molar-refractivity contribution in [2.75, 3.05) is 7.11 Å². The molecule has 0 aliphatic carbocycles. The highest BCUT2D eigenvalue weighted by Gasteiger charge is 2.26. The third-order valence-electron chi connectivity index (χ3n) is 5.38. The number of H-pyrrole nitrogens is 1. The van der Waals surface area contributed by atoms with Gasteiger partial charge in [0.1, 0.15) is 0 Å². The van der Waals surface area contributed by atoms with Gasteiger partial charge >= 0.3 is 5.69 Å². The van der Waals surface area contributed by atoms with Crippen LogP contribution in [0, 0.1) is 18.2 Å². The first-order chi connectivity index (χ1) is 15.5. The molecule has 0 aliphatic rings. The normalized spacial score (nSPS) is 12.3. The second kappa shape index (κ2) is 9.44. The van der Waals surface area contributed by atoms with Crippen LogP contribution in [0.1, 0.15) is 38.1 Å². The van der Waals surface area contributed by atoms with E-state index in [4.69, 9.17) is 4.74 Å². The van der Waals surface area contributed by atoms with E-state index >= 15 is 0 Å². The number of ether oxygens (including phenoxy) is 1. The Morgan fingerprint density at radius 1 is 1.12 bits per heavy atom. The van der Waals surface area contributed by atoms with Crippen molar-refractivity contribution in [2.24, 2.45) is 5.41 Å². The molecule has 1 atom stereocenters. The number of benzene rings is 2. The van der Waals surface area contributed by atoms with Crippen molar-refractivity contribution in [3.63, 3.8) is 0 Å². The molecule has 33 heavy (non-hydrogen) atoms. The first-order valence-corrected chi connectivity index (χ1v) is 10.6. The second-order valence-electron chi connectivity index (χ2n) is 8.85. The molecule has 0 fully saturated rings. The van der Waals surface area contributed by atoms with Crippen LogP contribution in [0.25, 0.3) is 11.1 Å². The molecule has 1 amide bonds. The average molecular weight is 454 g/mol. The summed E-state index contributed by atoms with van der Waals surface area (Å²) in [5.41, 5.74) is -0.951. The zero-order valence-corrected chi connectivity index (χ0v) is 19.4. The van der Waals surface area contributed by atoms with Crippen molar-refractivity contribution in [1.29, 1.82) is 0 Å². The Hall–Kier alpha value is -3.68. The molecule has 174 valence electrons. The maximum Gasteiger partial charge on any atom is 0.328 e. The van der Waals surface area contributed by atoms with Crippen molar-refractivity contribution < 1.29 is 13.9 Å². The summed E-state index contributed by atoms with van der Waals surface area (Å²) >= 11 is 0. The van der Waals surface area contributed by atoms with Gasteiger partial charge in [0.2, 0.25) is 5.91 Å². The summed E-state index contributed by atoms with van der Waals surface area (Å²) in [6.45, 7) is 6.74. The van der Waals surface area contributed by atoms with Gasteiger partial charge in [0.25, 0.3) is 5.56 Å². The number of hydrogen-bond acceptors (Lipinski definition) is 4. The van der Waals surface area contributed by atoms with Gasteiger partial charge in [0, 0.05) is 16.7 Å². The first kappa shape index (κ1) is 24.0. The minimum atomic E-state index is -0.695. The van der Waals surface area contributed by atoms with Crippen molar-refractivity contribution in [2.45, 2.75) is 40.3 Å². The number of methoxy groups -OCH3 is 1. The fourth-order valence-electron chi connectivity index (χ4n) is 3.50. The first-order valence-electron chi connectivity index (χ1n) is 10.6. The average Bonchev–Trinajstić information content (AvgIpc) is 2.76. The number of aromatic amines is 1. The monoisotopic (exact) mass is 453 g/mol. The number of nitrogens with one attached hydrogen (secondary N) is 2. The van der Waals surface area contributed by atoms with Crippen LogP contribution >= 0.6 is 0 Å². The zero-order valence-electron chi connectivity index (χ0n) is 19.4. The Morgan fingerprint density at radius 3 is 2.39 bits per heavy atom. The largest absolute Gasteiger partial charge is 0.494 e. The van der Waals surface area contributed by atoms with E-state index in [1.165, 1.54) is 26.2 Å².